The van der Waals surface area contributed by atoms with E-state index in [4.69, 9.17) is 24.1 Å². The Labute approximate surface area is 356 Å². The summed E-state index contributed by atoms with van der Waals surface area (Å²) in [5.74, 6) is -0.639. The number of thioether (sulfide) groups is 1. The number of β-lactam (4-membered cyclic amide) rings is 1. The molecule has 2 unspecified atom stereocenters. The van der Waals surface area contributed by atoms with Crippen LogP contribution in [0.1, 0.15) is 34.4 Å². The third kappa shape index (κ3) is 8.00. The molecule has 2 amide bonds. The lowest BCUT2D eigenvalue weighted by Crippen LogP contribution is -2.71. The number of thiazole rings is 1. The standard InChI is InChI=1S/C45H44N6O7S2/c1-51(2)25-24-36(58-51)34-27-59-42-38(41(53)50(42)39(34)43(54)57-26-29-20-22-33(55-3)23-21-29)47-40(52)37(49-56-4)35-28-60-44(46-35)48-45(30-14-8-5-9-15-30,31-16-10-6-11-17-31)32-18-12-7-13-19-32/h5-23,28,36,38,42H,24-27H2,1-4H3,(H-,46,47,48,52)/p+1/b49-37-/t36-,38?,42?/m0/s1. The number of carbonyl (C=O) groups is 3. The molecule has 13 nitrogen and oxygen atoms in total. The lowest BCUT2D eigenvalue weighted by atomic mass is 9.77. The Bertz CT molecular complexity index is 2310. The first-order valence-corrected chi connectivity index (χ1v) is 21.4. The highest BCUT2D eigenvalue weighted by Gasteiger charge is 2.56. The van der Waals surface area contributed by atoms with Gasteiger partial charge in [0.25, 0.3) is 11.8 Å². The summed E-state index contributed by atoms with van der Waals surface area (Å²) in [6.45, 7) is 0.738. The summed E-state index contributed by atoms with van der Waals surface area (Å²) in [5, 5.41) is 12.4. The molecule has 5 aromatic rings. The van der Waals surface area contributed by atoms with E-state index in [9.17, 15) is 14.4 Å². The van der Waals surface area contributed by atoms with Crippen molar-refractivity contribution >= 4 is 51.7 Å². The molecule has 3 atom stereocenters. The van der Waals surface area contributed by atoms with Gasteiger partial charge in [0.05, 0.1) is 21.2 Å². The molecule has 4 heterocycles. The van der Waals surface area contributed by atoms with Crippen LogP contribution >= 0.6 is 23.1 Å². The number of aromatic nitrogens is 1. The highest BCUT2D eigenvalue weighted by atomic mass is 32.2. The number of hydrogen-bond acceptors (Lipinski definition) is 12. The van der Waals surface area contributed by atoms with Gasteiger partial charge >= 0.3 is 5.97 Å². The lowest BCUT2D eigenvalue weighted by molar-refractivity contribution is -1.06. The minimum atomic E-state index is -0.953. The fraction of sp³-hybridized carbons (Fsp3) is 0.267. The van der Waals surface area contributed by atoms with E-state index in [-0.39, 0.29) is 29.8 Å². The Kier molecular flexibility index (Phi) is 11.8. The van der Waals surface area contributed by atoms with E-state index in [0.717, 1.165) is 28.8 Å². The minimum Gasteiger partial charge on any atom is -0.497 e. The average Bonchev–Trinajstić information content (AvgIpc) is 3.91. The molecular weight excluding hydrogens is 801 g/mol. The average molecular weight is 846 g/mol. The number of amides is 2. The van der Waals surface area contributed by atoms with Crippen LogP contribution in [0.25, 0.3) is 0 Å². The number of esters is 1. The van der Waals surface area contributed by atoms with Gasteiger partial charge < -0.3 is 24.9 Å². The zero-order valence-electron chi connectivity index (χ0n) is 33.6. The number of quaternary nitrogens is 1. The van der Waals surface area contributed by atoms with Gasteiger partial charge in [-0.3, -0.25) is 14.5 Å². The quantitative estimate of drug-likeness (QED) is 0.0338. The van der Waals surface area contributed by atoms with Gasteiger partial charge in [-0.25, -0.2) is 9.78 Å². The molecule has 0 bridgehead atoms. The van der Waals surface area contributed by atoms with Crippen LogP contribution in [-0.4, -0.2) is 96.2 Å². The van der Waals surface area contributed by atoms with Crippen LogP contribution < -0.4 is 15.4 Å². The summed E-state index contributed by atoms with van der Waals surface area (Å²) in [4.78, 5) is 59.8. The van der Waals surface area contributed by atoms with E-state index in [2.05, 4.69) is 52.2 Å². The molecular formula is C45H45N6O7S2+. The predicted octanol–water partition coefficient (Wildman–Crippen LogP) is 6.08. The summed E-state index contributed by atoms with van der Waals surface area (Å²) in [7, 11) is 6.83. The number of methoxy groups -OCH3 is 1. The first kappa shape index (κ1) is 40.8. The molecule has 3 aliphatic heterocycles. The Hall–Kier alpha value is -6.00. The van der Waals surface area contributed by atoms with Crippen molar-refractivity contribution in [2.24, 2.45) is 5.16 Å². The molecule has 4 aromatic carbocycles. The lowest BCUT2D eigenvalue weighted by Gasteiger charge is -2.50. The monoisotopic (exact) mass is 845 g/mol. The molecule has 1 aromatic heterocycles. The number of rotatable bonds is 14. The van der Waals surface area contributed by atoms with Crippen molar-refractivity contribution in [2.75, 3.05) is 45.9 Å². The number of fused-ring (bicyclic) bond motifs is 1. The molecule has 0 aliphatic carbocycles. The summed E-state index contributed by atoms with van der Waals surface area (Å²) in [5.41, 5.74) is 3.89. The molecule has 0 saturated carbocycles. The first-order chi connectivity index (χ1) is 29.1. The molecule has 2 N–H and O–H groups in total. The van der Waals surface area contributed by atoms with Gasteiger partial charge in [0.1, 0.15) is 60.5 Å². The third-order valence-corrected chi connectivity index (χ3v) is 12.9. The summed E-state index contributed by atoms with van der Waals surface area (Å²) >= 11 is 2.77. The Morgan fingerprint density at radius 3 is 2.08 bits per heavy atom. The summed E-state index contributed by atoms with van der Waals surface area (Å²) in [6.07, 6.45) is 0.297. The van der Waals surface area contributed by atoms with Crippen LogP contribution in [0.15, 0.2) is 137 Å². The van der Waals surface area contributed by atoms with Gasteiger partial charge in [-0.2, -0.15) is 9.48 Å². The van der Waals surface area contributed by atoms with Gasteiger partial charge in [0.15, 0.2) is 10.8 Å². The second-order valence-electron chi connectivity index (χ2n) is 15.0. The van der Waals surface area contributed by atoms with Crippen LogP contribution in [-0.2, 0) is 40.9 Å². The van der Waals surface area contributed by atoms with Gasteiger partial charge in [-0.15, -0.1) is 23.1 Å². The molecule has 2 saturated heterocycles. The highest BCUT2D eigenvalue weighted by molar-refractivity contribution is 8.00. The molecule has 60 heavy (non-hydrogen) atoms. The first-order valence-electron chi connectivity index (χ1n) is 19.4. The van der Waals surface area contributed by atoms with E-state index in [1.54, 1.807) is 24.6 Å². The number of oxime groups is 1. The maximum absolute atomic E-state index is 14.1. The molecule has 2 fully saturated rings. The maximum atomic E-state index is 14.1. The number of ether oxygens (including phenoxy) is 2. The van der Waals surface area contributed by atoms with Crippen molar-refractivity contribution in [3.05, 3.63) is 160 Å². The van der Waals surface area contributed by atoms with E-state index < -0.39 is 34.7 Å². The molecule has 0 radical (unpaired) electrons. The number of carbonyl (C=O) groups excluding carboxylic acids is 3. The Morgan fingerprint density at radius 1 is 0.917 bits per heavy atom. The number of nitrogens with zero attached hydrogens (tertiary/aromatic N) is 4. The number of hydroxylamine groups is 3. The number of nitrogens with one attached hydrogen (secondary N) is 2. The van der Waals surface area contributed by atoms with Crippen molar-refractivity contribution in [3.63, 3.8) is 0 Å². The molecule has 8 rings (SSSR count). The molecule has 0 spiro atoms. The molecule has 308 valence electrons. The van der Waals surface area contributed by atoms with Crippen LogP contribution in [0.2, 0.25) is 0 Å². The van der Waals surface area contributed by atoms with Gasteiger partial charge in [0.2, 0.25) is 0 Å². The van der Waals surface area contributed by atoms with Crippen molar-refractivity contribution in [3.8, 4) is 5.75 Å². The summed E-state index contributed by atoms with van der Waals surface area (Å²) < 4.78 is 11.4. The predicted molar refractivity (Wildman–Crippen MR) is 230 cm³/mol. The van der Waals surface area contributed by atoms with E-state index >= 15 is 0 Å². The second kappa shape index (κ2) is 17.3. The van der Waals surface area contributed by atoms with Crippen LogP contribution in [0.4, 0.5) is 5.13 Å². The van der Waals surface area contributed by atoms with Crippen molar-refractivity contribution < 1.29 is 38.2 Å². The van der Waals surface area contributed by atoms with Crippen LogP contribution in [0, 0.1) is 0 Å². The largest absolute Gasteiger partial charge is 0.497 e. The normalized spacial score (nSPS) is 19.9. The fourth-order valence-electron chi connectivity index (χ4n) is 7.82. The van der Waals surface area contributed by atoms with E-state index in [0.29, 0.717) is 33.3 Å². The van der Waals surface area contributed by atoms with Crippen molar-refractivity contribution in [1.82, 2.24) is 15.2 Å². The second-order valence-corrected chi connectivity index (χ2v) is 16.9. The zero-order valence-corrected chi connectivity index (χ0v) is 35.2. The maximum Gasteiger partial charge on any atom is 0.355 e. The van der Waals surface area contributed by atoms with Gasteiger partial charge in [-0.1, -0.05) is 108 Å². The highest BCUT2D eigenvalue weighted by Crippen LogP contribution is 2.44. The zero-order chi connectivity index (χ0) is 41.9. The summed E-state index contributed by atoms with van der Waals surface area (Å²) in [6, 6.07) is 36.6. The number of anilines is 1. The smallest absolute Gasteiger partial charge is 0.355 e. The van der Waals surface area contributed by atoms with Crippen molar-refractivity contribution in [2.45, 2.75) is 36.1 Å². The third-order valence-electron chi connectivity index (χ3n) is 10.8. The fourth-order valence-corrected chi connectivity index (χ4v) is 9.98. The molecule has 15 heteroatoms. The van der Waals surface area contributed by atoms with Gasteiger partial charge in [0, 0.05) is 23.1 Å². The van der Waals surface area contributed by atoms with E-state index in [1.165, 1.54) is 35.1 Å². The minimum absolute atomic E-state index is 0.00279. The SMILES string of the molecule is CO/N=C(\C(=O)NC1C(=O)N2C(C(=O)OCc3ccc(OC)cc3)=C([C@@H]3CC[N+](C)(C)O3)CSC12)c1csc(NC(c2ccccc2)(c2ccccc2)c2ccccc2)n1. The Balaban J connectivity index is 1.04. The molecule has 3 aliphatic rings. The topological polar surface area (TPSA) is 141 Å². The number of benzene rings is 4. The Morgan fingerprint density at radius 2 is 1.53 bits per heavy atom. The van der Waals surface area contributed by atoms with Crippen LogP contribution in [0.3, 0.4) is 0 Å². The van der Waals surface area contributed by atoms with Crippen molar-refractivity contribution in [1.29, 1.82) is 0 Å². The van der Waals surface area contributed by atoms with E-state index in [1.807, 2.05) is 80.8 Å². The van der Waals surface area contributed by atoms with Gasteiger partial charge in [-0.05, 0) is 34.4 Å². The number of hydrogen-bond donors (Lipinski definition) is 2. The van der Waals surface area contributed by atoms with Crippen LogP contribution in [0.5, 0.6) is 5.75 Å².